The number of aryl methyl sites for hydroxylation is 1. The third kappa shape index (κ3) is 2.34. The molecule has 0 atom stereocenters. The molecule has 0 radical (unpaired) electrons. The van der Waals surface area contributed by atoms with Gasteiger partial charge in [-0.1, -0.05) is 17.7 Å². The molecule has 0 saturated heterocycles. The molecule has 0 unspecified atom stereocenters. The lowest BCUT2D eigenvalue weighted by molar-refractivity contribution is 0.103. The Morgan fingerprint density at radius 2 is 2.06 bits per heavy atom. The van der Waals surface area contributed by atoms with Gasteiger partial charge in [-0.05, 0) is 31.2 Å². The number of rotatable bonds is 2. The Labute approximate surface area is 103 Å². The van der Waals surface area contributed by atoms with E-state index in [0.717, 1.165) is 5.69 Å². The van der Waals surface area contributed by atoms with Crippen molar-refractivity contribution < 1.29 is 9.18 Å². The summed E-state index contributed by atoms with van der Waals surface area (Å²) in [6.07, 6.45) is 1.42. The molecule has 0 aliphatic carbocycles. The predicted octanol–water partition coefficient (Wildman–Crippen LogP) is 3.41. The second-order valence-electron chi connectivity index (χ2n) is 3.61. The highest BCUT2D eigenvalue weighted by atomic mass is 35.5. The summed E-state index contributed by atoms with van der Waals surface area (Å²) in [6.45, 7) is 1.81. The average Bonchev–Trinajstić information content (AvgIpc) is 2.29. The molecular formula is C13H9ClFNO. The summed E-state index contributed by atoms with van der Waals surface area (Å²) in [7, 11) is 0. The van der Waals surface area contributed by atoms with Crippen molar-refractivity contribution in [2.24, 2.45) is 0 Å². The standard InChI is InChI=1S/C13H9ClFNO/c1-8-5-6-9(7-16-8)13(17)12-10(14)3-2-4-11(12)15/h2-7H,1H3. The van der Waals surface area contributed by atoms with Gasteiger partial charge in [0.25, 0.3) is 0 Å². The Morgan fingerprint density at radius 1 is 1.29 bits per heavy atom. The number of carbonyl (C=O) groups excluding carboxylic acids is 1. The van der Waals surface area contributed by atoms with E-state index >= 15 is 0 Å². The Hall–Kier alpha value is -1.74. The lowest BCUT2D eigenvalue weighted by Gasteiger charge is -2.04. The SMILES string of the molecule is Cc1ccc(C(=O)c2c(F)cccc2Cl)cn1. The minimum absolute atomic E-state index is 0.107. The molecule has 0 N–H and O–H groups in total. The zero-order valence-electron chi connectivity index (χ0n) is 9.08. The van der Waals surface area contributed by atoms with Gasteiger partial charge in [-0.2, -0.15) is 0 Å². The van der Waals surface area contributed by atoms with Gasteiger partial charge in [0.05, 0.1) is 10.6 Å². The van der Waals surface area contributed by atoms with E-state index in [9.17, 15) is 9.18 Å². The number of nitrogens with zero attached hydrogens (tertiary/aromatic N) is 1. The highest BCUT2D eigenvalue weighted by Crippen LogP contribution is 2.22. The Morgan fingerprint density at radius 3 is 2.65 bits per heavy atom. The van der Waals surface area contributed by atoms with Crippen LogP contribution < -0.4 is 0 Å². The van der Waals surface area contributed by atoms with Crippen LogP contribution in [0.5, 0.6) is 0 Å². The molecule has 1 aromatic heterocycles. The lowest BCUT2D eigenvalue weighted by Crippen LogP contribution is -2.05. The third-order valence-electron chi connectivity index (χ3n) is 2.36. The molecule has 0 fully saturated rings. The number of ketones is 1. The number of hydrogen-bond donors (Lipinski definition) is 0. The first kappa shape index (κ1) is 11.7. The maximum absolute atomic E-state index is 13.5. The fourth-order valence-corrected chi connectivity index (χ4v) is 1.71. The summed E-state index contributed by atoms with van der Waals surface area (Å²) >= 11 is 5.82. The number of benzene rings is 1. The predicted molar refractivity (Wildman–Crippen MR) is 63.8 cm³/mol. The maximum atomic E-state index is 13.5. The van der Waals surface area contributed by atoms with Crippen LogP contribution in [0.3, 0.4) is 0 Å². The summed E-state index contributed by atoms with van der Waals surface area (Å²) in [4.78, 5) is 16.0. The van der Waals surface area contributed by atoms with Crippen molar-refractivity contribution in [3.05, 3.63) is 64.2 Å². The summed E-state index contributed by atoms with van der Waals surface area (Å²) in [5.41, 5.74) is 1.00. The zero-order chi connectivity index (χ0) is 12.4. The van der Waals surface area contributed by atoms with E-state index in [-0.39, 0.29) is 10.6 Å². The number of pyridine rings is 1. The van der Waals surface area contributed by atoms with Crippen LogP contribution in [0.1, 0.15) is 21.6 Å². The molecule has 86 valence electrons. The summed E-state index contributed by atoms with van der Waals surface area (Å²) in [5, 5.41) is 0.107. The molecule has 0 bridgehead atoms. The van der Waals surface area contributed by atoms with Gasteiger partial charge >= 0.3 is 0 Å². The van der Waals surface area contributed by atoms with Gasteiger partial charge in [0.2, 0.25) is 0 Å². The van der Waals surface area contributed by atoms with Gasteiger partial charge in [-0.15, -0.1) is 0 Å². The molecule has 2 nitrogen and oxygen atoms in total. The quantitative estimate of drug-likeness (QED) is 0.764. The third-order valence-corrected chi connectivity index (χ3v) is 2.68. The van der Waals surface area contributed by atoms with Crippen molar-refractivity contribution in [3.8, 4) is 0 Å². The molecule has 2 aromatic rings. The smallest absolute Gasteiger partial charge is 0.199 e. The summed E-state index contributed by atoms with van der Waals surface area (Å²) in [5.74, 6) is -1.08. The van der Waals surface area contributed by atoms with Gasteiger partial charge in [-0.25, -0.2) is 4.39 Å². The molecule has 17 heavy (non-hydrogen) atoms. The van der Waals surface area contributed by atoms with Gasteiger partial charge in [0, 0.05) is 17.5 Å². The van der Waals surface area contributed by atoms with Crippen LogP contribution in [-0.4, -0.2) is 10.8 Å². The first-order chi connectivity index (χ1) is 8.09. The van der Waals surface area contributed by atoms with Crippen LogP contribution in [0.4, 0.5) is 4.39 Å². The fraction of sp³-hybridized carbons (Fsp3) is 0.0769. The number of carbonyl (C=O) groups is 1. The van der Waals surface area contributed by atoms with E-state index in [1.54, 1.807) is 12.1 Å². The Kier molecular flexibility index (Phi) is 3.20. The van der Waals surface area contributed by atoms with Crippen molar-refractivity contribution >= 4 is 17.4 Å². The van der Waals surface area contributed by atoms with Gasteiger partial charge < -0.3 is 0 Å². The van der Waals surface area contributed by atoms with E-state index in [0.29, 0.717) is 5.56 Å². The minimum atomic E-state index is -0.622. The zero-order valence-corrected chi connectivity index (χ0v) is 9.83. The molecule has 1 aromatic carbocycles. The van der Waals surface area contributed by atoms with Crippen molar-refractivity contribution in [3.63, 3.8) is 0 Å². The topological polar surface area (TPSA) is 30.0 Å². The second kappa shape index (κ2) is 4.63. The molecule has 2 rings (SSSR count). The van der Waals surface area contributed by atoms with E-state index < -0.39 is 11.6 Å². The van der Waals surface area contributed by atoms with Crippen molar-refractivity contribution in [2.75, 3.05) is 0 Å². The highest BCUT2D eigenvalue weighted by Gasteiger charge is 2.17. The van der Waals surface area contributed by atoms with Crippen LogP contribution in [0.25, 0.3) is 0 Å². The largest absolute Gasteiger partial charge is 0.288 e. The molecule has 0 aliphatic heterocycles. The molecule has 1 heterocycles. The Balaban J connectivity index is 2.47. The summed E-state index contributed by atoms with van der Waals surface area (Å²) < 4.78 is 13.5. The van der Waals surface area contributed by atoms with E-state index in [4.69, 9.17) is 11.6 Å². The monoisotopic (exact) mass is 249 g/mol. The minimum Gasteiger partial charge on any atom is -0.288 e. The maximum Gasteiger partial charge on any atom is 0.199 e. The molecular weight excluding hydrogens is 241 g/mol. The second-order valence-corrected chi connectivity index (χ2v) is 4.02. The number of hydrogen-bond acceptors (Lipinski definition) is 2. The highest BCUT2D eigenvalue weighted by molar-refractivity contribution is 6.35. The fourth-order valence-electron chi connectivity index (χ4n) is 1.46. The number of aromatic nitrogens is 1. The molecule has 4 heteroatoms. The first-order valence-corrected chi connectivity index (χ1v) is 5.39. The van der Waals surface area contributed by atoms with E-state index in [2.05, 4.69) is 4.98 Å². The van der Waals surface area contributed by atoms with Crippen LogP contribution in [0.2, 0.25) is 5.02 Å². The van der Waals surface area contributed by atoms with Crippen LogP contribution in [0.15, 0.2) is 36.5 Å². The summed E-state index contributed by atoms with van der Waals surface area (Å²) in [6, 6.07) is 7.46. The van der Waals surface area contributed by atoms with Crippen LogP contribution >= 0.6 is 11.6 Å². The molecule has 0 saturated carbocycles. The van der Waals surface area contributed by atoms with Gasteiger partial charge in [0.1, 0.15) is 5.82 Å². The first-order valence-electron chi connectivity index (χ1n) is 5.01. The molecule has 0 aliphatic rings. The normalized spacial score (nSPS) is 10.3. The van der Waals surface area contributed by atoms with Crippen molar-refractivity contribution in [1.82, 2.24) is 4.98 Å². The van der Waals surface area contributed by atoms with E-state index in [1.807, 2.05) is 6.92 Å². The molecule has 0 spiro atoms. The molecule has 0 amide bonds. The van der Waals surface area contributed by atoms with Crippen LogP contribution in [-0.2, 0) is 0 Å². The van der Waals surface area contributed by atoms with Gasteiger partial charge in [-0.3, -0.25) is 9.78 Å². The van der Waals surface area contributed by atoms with Gasteiger partial charge in [0.15, 0.2) is 5.78 Å². The Bertz CT molecular complexity index is 546. The van der Waals surface area contributed by atoms with Crippen molar-refractivity contribution in [2.45, 2.75) is 6.92 Å². The van der Waals surface area contributed by atoms with Crippen molar-refractivity contribution in [1.29, 1.82) is 0 Å². The number of halogens is 2. The van der Waals surface area contributed by atoms with E-state index in [1.165, 1.54) is 24.4 Å². The van der Waals surface area contributed by atoms with Crippen LogP contribution in [0, 0.1) is 12.7 Å². The lowest BCUT2D eigenvalue weighted by atomic mass is 10.0. The average molecular weight is 250 g/mol.